The maximum absolute atomic E-state index is 13.7. The highest BCUT2D eigenvalue weighted by Crippen LogP contribution is 2.39. The molecule has 36 heavy (non-hydrogen) atoms. The molecule has 0 spiro atoms. The summed E-state index contributed by atoms with van der Waals surface area (Å²) in [6.45, 7) is 1.15. The molecule has 0 bridgehead atoms. The van der Waals surface area contributed by atoms with Crippen LogP contribution < -0.4 is 0 Å². The number of fused-ring (bicyclic) bond motifs is 1. The minimum atomic E-state index is -4.46. The standard InChI is InChI=1S/C28H25F3N2O3/c1-33(2)15-18-6-8-20(9-7-18)24(16-36-17-34)22-4-3-5-25-26(22)27(35)23(14-32-25)19-10-12-21(13-11-19)28(29,30)31/h3-14,17,23-24H,15-16H2,1-2H3. The fraction of sp³-hybridized carbons (Fsp3) is 0.250. The van der Waals surface area contributed by atoms with E-state index in [0.717, 1.165) is 29.8 Å². The predicted molar refractivity (Wildman–Crippen MR) is 131 cm³/mol. The molecule has 1 heterocycles. The molecule has 5 nitrogen and oxygen atoms in total. The van der Waals surface area contributed by atoms with Crippen molar-refractivity contribution in [1.29, 1.82) is 0 Å². The third kappa shape index (κ3) is 5.39. The van der Waals surface area contributed by atoms with E-state index in [4.69, 9.17) is 4.74 Å². The molecule has 8 heteroatoms. The first-order valence-electron chi connectivity index (χ1n) is 11.4. The average molecular weight is 495 g/mol. The first kappa shape index (κ1) is 25.3. The topological polar surface area (TPSA) is 59.0 Å². The fourth-order valence-electron chi connectivity index (χ4n) is 4.44. The van der Waals surface area contributed by atoms with Gasteiger partial charge in [-0.2, -0.15) is 13.2 Å². The molecule has 0 fully saturated rings. The number of Topliss-reactive ketones (excluding diaryl/α,β-unsaturated/α-hetero) is 1. The van der Waals surface area contributed by atoms with Gasteiger partial charge in [0.05, 0.1) is 17.2 Å². The maximum atomic E-state index is 13.7. The van der Waals surface area contributed by atoms with E-state index >= 15 is 0 Å². The van der Waals surface area contributed by atoms with Crippen LogP contribution in [0.4, 0.5) is 18.9 Å². The number of benzene rings is 3. The Balaban J connectivity index is 1.72. The summed E-state index contributed by atoms with van der Waals surface area (Å²) >= 11 is 0. The number of aliphatic imine (C=N–C) groups is 1. The second kappa shape index (κ2) is 10.5. The molecule has 1 aliphatic rings. The van der Waals surface area contributed by atoms with Crippen molar-refractivity contribution in [3.05, 3.63) is 100 Å². The van der Waals surface area contributed by atoms with Crippen LogP contribution in [0.25, 0.3) is 0 Å². The van der Waals surface area contributed by atoms with Crippen molar-refractivity contribution in [2.45, 2.75) is 24.6 Å². The van der Waals surface area contributed by atoms with E-state index in [2.05, 4.69) is 4.99 Å². The van der Waals surface area contributed by atoms with E-state index in [0.29, 0.717) is 28.8 Å². The summed E-state index contributed by atoms with van der Waals surface area (Å²) in [5.74, 6) is -1.52. The molecule has 2 unspecified atom stereocenters. The first-order valence-corrected chi connectivity index (χ1v) is 11.4. The van der Waals surface area contributed by atoms with E-state index in [1.165, 1.54) is 18.3 Å². The molecular weight excluding hydrogens is 469 g/mol. The lowest BCUT2D eigenvalue weighted by Gasteiger charge is -2.25. The number of carbonyl (C=O) groups is 2. The number of ketones is 1. The first-order chi connectivity index (χ1) is 17.2. The van der Waals surface area contributed by atoms with Gasteiger partial charge in [-0.1, -0.05) is 48.5 Å². The summed E-state index contributed by atoms with van der Waals surface area (Å²) in [5, 5.41) is 0. The van der Waals surface area contributed by atoms with Gasteiger partial charge in [0, 0.05) is 24.2 Å². The molecule has 0 aromatic heterocycles. The van der Waals surface area contributed by atoms with Crippen LogP contribution in [0, 0.1) is 0 Å². The molecule has 0 saturated carbocycles. The normalized spacial score (nSPS) is 16.1. The van der Waals surface area contributed by atoms with Gasteiger partial charge in [0.15, 0.2) is 5.78 Å². The van der Waals surface area contributed by atoms with Gasteiger partial charge in [0.2, 0.25) is 0 Å². The lowest BCUT2D eigenvalue weighted by Crippen LogP contribution is -2.22. The van der Waals surface area contributed by atoms with Gasteiger partial charge in [-0.05, 0) is 54.5 Å². The SMILES string of the molecule is CN(C)Cc1ccc(C(COC=O)c2cccc3c2C(=O)C(c2ccc(C(F)(F)F)cc2)C=N3)cc1. The quantitative estimate of drug-likeness (QED) is 0.374. The Morgan fingerprint density at radius 1 is 1.03 bits per heavy atom. The summed E-state index contributed by atoms with van der Waals surface area (Å²) in [6.07, 6.45) is -3.00. The summed E-state index contributed by atoms with van der Waals surface area (Å²) < 4.78 is 44.1. The number of hydrogen-bond donors (Lipinski definition) is 0. The third-order valence-corrected chi connectivity index (χ3v) is 6.15. The van der Waals surface area contributed by atoms with Crippen molar-refractivity contribution in [3.8, 4) is 0 Å². The highest BCUT2D eigenvalue weighted by molar-refractivity contribution is 6.16. The Morgan fingerprint density at radius 2 is 1.72 bits per heavy atom. The number of hydrogen-bond acceptors (Lipinski definition) is 5. The van der Waals surface area contributed by atoms with E-state index in [1.54, 1.807) is 18.2 Å². The van der Waals surface area contributed by atoms with Gasteiger partial charge < -0.3 is 9.64 Å². The predicted octanol–water partition coefficient (Wildman–Crippen LogP) is 5.75. The van der Waals surface area contributed by atoms with Gasteiger partial charge in [-0.3, -0.25) is 14.6 Å². The second-order valence-electron chi connectivity index (χ2n) is 8.94. The lowest BCUT2D eigenvalue weighted by molar-refractivity contribution is -0.137. The number of rotatable bonds is 8. The van der Waals surface area contributed by atoms with Crippen LogP contribution in [0.5, 0.6) is 0 Å². The molecule has 0 radical (unpaired) electrons. The number of carbonyl (C=O) groups excluding carboxylic acids is 2. The summed E-state index contributed by atoms with van der Waals surface area (Å²) in [4.78, 5) is 31.2. The molecule has 3 aromatic rings. The molecular formula is C28H25F3N2O3. The largest absolute Gasteiger partial charge is 0.467 e. The molecule has 186 valence electrons. The van der Waals surface area contributed by atoms with Crippen molar-refractivity contribution in [1.82, 2.24) is 4.90 Å². The van der Waals surface area contributed by atoms with Crippen LogP contribution in [0.3, 0.4) is 0 Å². The molecule has 2 atom stereocenters. The van der Waals surface area contributed by atoms with E-state index in [9.17, 15) is 22.8 Å². The number of halogens is 3. The summed E-state index contributed by atoms with van der Waals surface area (Å²) in [7, 11) is 3.95. The smallest absolute Gasteiger partial charge is 0.416 e. The minimum absolute atomic E-state index is 0.0227. The van der Waals surface area contributed by atoms with Crippen LogP contribution >= 0.6 is 0 Å². The van der Waals surface area contributed by atoms with E-state index in [-0.39, 0.29) is 12.4 Å². The van der Waals surface area contributed by atoms with Crippen LogP contribution in [0.1, 0.15) is 50.0 Å². The van der Waals surface area contributed by atoms with Crippen LogP contribution in [0.2, 0.25) is 0 Å². The zero-order chi connectivity index (χ0) is 25.9. The van der Waals surface area contributed by atoms with Gasteiger partial charge >= 0.3 is 6.18 Å². The highest BCUT2D eigenvalue weighted by Gasteiger charge is 2.33. The zero-order valence-electron chi connectivity index (χ0n) is 19.8. The van der Waals surface area contributed by atoms with E-state index < -0.39 is 23.6 Å². The molecule has 3 aromatic carbocycles. The van der Waals surface area contributed by atoms with Gasteiger partial charge in [0.25, 0.3) is 6.47 Å². The monoisotopic (exact) mass is 494 g/mol. The van der Waals surface area contributed by atoms with Gasteiger partial charge in [-0.25, -0.2) is 0 Å². The summed E-state index contributed by atoms with van der Waals surface area (Å²) in [6, 6.07) is 17.7. The Bertz CT molecular complexity index is 1270. The second-order valence-corrected chi connectivity index (χ2v) is 8.94. The molecule has 0 amide bonds. The Morgan fingerprint density at radius 3 is 2.33 bits per heavy atom. The Labute approximate surface area is 207 Å². The third-order valence-electron chi connectivity index (χ3n) is 6.15. The molecule has 1 aliphatic heterocycles. The van der Waals surface area contributed by atoms with E-state index in [1.807, 2.05) is 43.3 Å². The van der Waals surface area contributed by atoms with Crippen molar-refractivity contribution in [3.63, 3.8) is 0 Å². The maximum Gasteiger partial charge on any atom is 0.416 e. The Kier molecular flexibility index (Phi) is 7.35. The Hall–Kier alpha value is -3.78. The minimum Gasteiger partial charge on any atom is -0.467 e. The average Bonchev–Trinajstić information content (AvgIpc) is 2.85. The van der Waals surface area contributed by atoms with Gasteiger partial charge in [0.1, 0.15) is 6.61 Å². The molecule has 4 rings (SSSR count). The fourth-order valence-corrected chi connectivity index (χ4v) is 4.44. The number of nitrogens with zero attached hydrogens (tertiary/aromatic N) is 2. The highest BCUT2D eigenvalue weighted by atomic mass is 19.4. The summed E-state index contributed by atoms with van der Waals surface area (Å²) in [5.41, 5.74) is 3.11. The van der Waals surface area contributed by atoms with Crippen LogP contribution in [0.15, 0.2) is 71.7 Å². The van der Waals surface area contributed by atoms with Crippen molar-refractivity contribution < 1.29 is 27.5 Å². The number of ether oxygens (including phenoxy) is 1. The molecule has 0 N–H and O–H groups in total. The lowest BCUT2D eigenvalue weighted by atomic mass is 9.81. The van der Waals surface area contributed by atoms with Crippen LogP contribution in [-0.2, 0) is 22.3 Å². The number of alkyl halides is 3. The van der Waals surface area contributed by atoms with Gasteiger partial charge in [-0.15, -0.1) is 0 Å². The zero-order valence-corrected chi connectivity index (χ0v) is 19.8. The van der Waals surface area contributed by atoms with Crippen molar-refractivity contribution >= 4 is 24.2 Å². The van der Waals surface area contributed by atoms with Crippen molar-refractivity contribution in [2.75, 3.05) is 20.7 Å². The van der Waals surface area contributed by atoms with Crippen LogP contribution in [-0.4, -0.2) is 44.1 Å². The molecule has 0 saturated heterocycles. The molecule has 0 aliphatic carbocycles. The van der Waals surface area contributed by atoms with Crippen molar-refractivity contribution in [2.24, 2.45) is 4.99 Å².